The summed E-state index contributed by atoms with van der Waals surface area (Å²) in [6.45, 7) is 3.17. The number of thiazole rings is 1. The maximum absolute atomic E-state index is 13.0. The predicted molar refractivity (Wildman–Crippen MR) is 131 cm³/mol. The third-order valence-corrected chi connectivity index (χ3v) is 8.67. The smallest absolute Gasteiger partial charge is 0.374 e. The van der Waals surface area contributed by atoms with Crippen LogP contribution in [-0.2, 0) is 24.0 Å². The maximum Gasteiger partial charge on any atom is 0.374 e. The van der Waals surface area contributed by atoms with Crippen molar-refractivity contribution in [2.24, 2.45) is 5.16 Å². The first kappa shape index (κ1) is 25.6. The number of nitrogens with two attached hydrogens (primary N) is 1. The molecule has 18 heteroatoms. The number of amides is 2. The number of nitrogens with one attached hydrogen (secondary N) is 1. The van der Waals surface area contributed by atoms with Crippen LogP contribution in [0.4, 0.5) is 5.13 Å². The molecule has 0 saturated carbocycles. The Balaban J connectivity index is 1.51. The van der Waals surface area contributed by atoms with Crippen molar-refractivity contribution in [2.45, 2.75) is 15.6 Å². The number of hydrogen-bond acceptors (Lipinski definition) is 14. The van der Waals surface area contributed by atoms with Crippen LogP contribution < -0.4 is 11.1 Å². The van der Waals surface area contributed by atoms with Gasteiger partial charge in [0.15, 0.2) is 10.8 Å². The zero-order valence-corrected chi connectivity index (χ0v) is 21.1. The molecule has 0 radical (unpaired) electrons. The van der Waals surface area contributed by atoms with E-state index in [-0.39, 0.29) is 16.5 Å². The lowest BCUT2D eigenvalue weighted by atomic mass is 10.0. The number of carbonyl (C=O) groups excluding carboxylic acids is 2. The molecule has 2 amide bonds. The number of nitrogens with zero attached hydrogens (tertiary/aromatic N) is 5. The summed E-state index contributed by atoms with van der Waals surface area (Å²) in [5.41, 5.74) is 5.62. The molecule has 2 aromatic rings. The minimum absolute atomic E-state index is 0.00361. The van der Waals surface area contributed by atoms with E-state index in [1.165, 1.54) is 40.4 Å². The molecule has 36 heavy (non-hydrogen) atoms. The lowest BCUT2D eigenvalue weighted by Crippen LogP contribution is -2.71. The maximum atomic E-state index is 13.0. The number of fused-ring (bicyclic) bond motifs is 1. The standard InChI is InChI=1S/C18H15N7O7S4/c1-6(16(28)29)32-23-10(8-5-35-18(19)21-8)13(26)22-11-14(27)25-12(17(30)31)7(4-34-15(11)25)3-33-9-2-20-24-36-9/h2,5,11,15H,1,3-4H2,(H2,19,21)(H,22,26)(H,28,29)(H,30,31)/b23-10+/t11-,15-/m1/s1. The van der Waals surface area contributed by atoms with Crippen LogP contribution in [0.2, 0.25) is 0 Å². The minimum Gasteiger partial charge on any atom is -0.477 e. The molecule has 0 bridgehead atoms. The highest BCUT2D eigenvalue weighted by Gasteiger charge is 2.54. The minimum atomic E-state index is -1.49. The molecule has 4 rings (SSSR count). The number of oxime groups is 1. The highest BCUT2D eigenvalue weighted by atomic mass is 32.2. The predicted octanol–water partition coefficient (Wildman–Crippen LogP) is 0.427. The van der Waals surface area contributed by atoms with Crippen LogP contribution in [0.1, 0.15) is 5.69 Å². The van der Waals surface area contributed by atoms with Crippen LogP contribution in [0.3, 0.4) is 0 Å². The summed E-state index contributed by atoms with van der Waals surface area (Å²) in [6, 6.07) is -1.05. The number of aliphatic carboxylic acids is 2. The molecule has 2 aromatic heterocycles. The van der Waals surface area contributed by atoms with Gasteiger partial charge in [-0.3, -0.25) is 14.5 Å². The number of hydrogen-bond donors (Lipinski definition) is 4. The molecule has 2 atom stereocenters. The molecule has 1 fully saturated rings. The number of carboxylic acid groups (broad SMARTS) is 2. The van der Waals surface area contributed by atoms with Crippen molar-refractivity contribution in [1.29, 1.82) is 0 Å². The second kappa shape index (κ2) is 10.6. The number of rotatable bonds is 10. The van der Waals surface area contributed by atoms with Gasteiger partial charge >= 0.3 is 11.9 Å². The van der Waals surface area contributed by atoms with E-state index in [1.54, 1.807) is 6.20 Å². The van der Waals surface area contributed by atoms with Crippen molar-refractivity contribution in [3.63, 3.8) is 0 Å². The summed E-state index contributed by atoms with van der Waals surface area (Å²) < 4.78 is 4.57. The zero-order valence-electron chi connectivity index (χ0n) is 17.8. The fourth-order valence-electron chi connectivity index (χ4n) is 3.12. The van der Waals surface area contributed by atoms with E-state index < -0.39 is 46.6 Å². The molecular weight excluding hydrogens is 555 g/mol. The average Bonchev–Trinajstić information content (AvgIpc) is 3.52. The van der Waals surface area contributed by atoms with Crippen LogP contribution in [0.15, 0.2) is 44.6 Å². The van der Waals surface area contributed by atoms with Crippen molar-refractivity contribution in [3.05, 3.63) is 40.9 Å². The van der Waals surface area contributed by atoms with Crippen molar-refractivity contribution in [2.75, 3.05) is 17.2 Å². The van der Waals surface area contributed by atoms with Crippen molar-refractivity contribution in [3.8, 4) is 0 Å². The second-order valence-electron chi connectivity index (χ2n) is 6.97. The number of carbonyl (C=O) groups is 4. The topological polar surface area (TPSA) is 210 Å². The van der Waals surface area contributed by atoms with Crippen LogP contribution in [0, 0.1) is 0 Å². The lowest BCUT2D eigenvalue weighted by Gasteiger charge is -2.49. The van der Waals surface area contributed by atoms with Gasteiger partial charge in [-0.05, 0) is 23.7 Å². The van der Waals surface area contributed by atoms with Gasteiger partial charge in [0.25, 0.3) is 11.8 Å². The molecular formula is C18H15N7O7S4. The summed E-state index contributed by atoms with van der Waals surface area (Å²) in [6.07, 6.45) is 1.57. The Kier molecular flexibility index (Phi) is 7.57. The highest BCUT2D eigenvalue weighted by molar-refractivity contribution is 8.01. The number of β-lactam (4-membered cyclic amide) rings is 1. The molecule has 0 aliphatic carbocycles. The van der Waals surface area contributed by atoms with E-state index in [4.69, 9.17) is 15.7 Å². The number of nitrogen functional groups attached to an aromatic ring is 1. The Hall–Kier alpha value is -3.48. The first-order chi connectivity index (χ1) is 17.2. The van der Waals surface area contributed by atoms with E-state index >= 15 is 0 Å². The first-order valence-corrected chi connectivity index (χ1v) is 13.4. The highest BCUT2D eigenvalue weighted by Crippen LogP contribution is 2.41. The van der Waals surface area contributed by atoms with Gasteiger partial charge in [-0.25, -0.2) is 14.6 Å². The Morgan fingerprint density at radius 2 is 2.17 bits per heavy atom. The average molecular weight is 570 g/mol. The zero-order chi connectivity index (χ0) is 26.0. The molecule has 188 valence electrons. The first-order valence-electron chi connectivity index (χ1n) is 9.67. The molecule has 14 nitrogen and oxygen atoms in total. The van der Waals surface area contributed by atoms with Gasteiger partial charge in [-0.1, -0.05) is 9.64 Å². The monoisotopic (exact) mass is 569 g/mol. The summed E-state index contributed by atoms with van der Waals surface area (Å²) in [4.78, 5) is 58.6. The van der Waals surface area contributed by atoms with E-state index in [0.717, 1.165) is 20.4 Å². The number of aromatic nitrogens is 3. The van der Waals surface area contributed by atoms with Crippen molar-refractivity contribution in [1.82, 2.24) is 24.8 Å². The van der Waals surface area contributed by atoms with Crippen molar-refractivity contribution < 1.29 is 34.2 Å². The Morgan fingerprint density at radius 3 is 2.78 bits per heavy atom. The number of thioether (sulfide) groups is 2. The molecule has 0 unspecified atom stereocenters. The van der Waals surface area contributed by atoms with Crippen LogP contribution in [-0.4, -0.2) is 82.1 Å². The molecule has 5 N–H and O–H groups in total. The van der Waals surface area contributed by atoms with Gasteiger partial charge < -0.3 is 26.1 Å². The van der Waals surface area contributed by atoms with Crippen LogP contribution in [0.5, 0.6) is 0 Å². The van der Waals surface area contributed by atoms with Gasteiger partial charge in [-0.15, -0.1) is 40.0 Å². The van der Waals surface area contributed by atoms with E-state index in [1.807, 2.05) is 0 Å². The normalized spacial score (nSPS) is 19.4. The Morgan fingerprint density at radius 1 is 1.39 bits per heavy atom. The van der Waals surface area contributed by atoms with E-state index in [2.05, 4.69) is 31.6 Å². The van der Waals surface area contributed by atoms with E-state index in [0.29, 0.717) is 17.1 Å². The van der Waals surface area contributed by atoms with Gasteiger partial charge in [0.2, 0.25) is 5.76 Å². The van der Waals surface area contributed by atoms with Crippen LogP contribution >= 0.6 is 46.4 Å². The quantitative estimate of drug-likeness (QED) is 0.0764. The van der Waals surface area contributed by atoms with Gasteiger partial charge in [0, 0.05) is 16.9 Å². The Labute approximate surface area is 218 Å². The summed E-state index contributed by atoms with van der Waals surface area (Å²) in [5, 5.41) is 29.3. The molecule has 4 heterocycles. The third kappa shape index (κ3) is 5.20. The van der Waals surface area contributed by atoms with Crippen LogP contribution in [0.25, 0.3) is 0 Å². The van der Waals surface area contributed by atoms with E-state index in [9.17, 15) is 24.3 Å². The summed E-state index contributed by atoms with van der Waals surface area (Å²) in [5.74, 6) is -4.34. The molecule has 0 aromatic carbocycles. The summed E-state index contributed by atoms with van der Waals surface area (Å²) in [7, 11) is 0. The SMILES string of the molecule is C=C(O/N=C(/C(=O)N[C@@H]1C(=O)N2C(C(=O)O)=C(CSc3cnns3)CS[C@H]12)c1csc(N)n1)C(=O)O. The largest absolute Gasteiger partial charge is 0.477 e. The van der Waals surface area contributed by atoms with Gasteiger partial charge in [0.05, 0.1) is 6.20 Å². The third-order valence-electron chi connectivity index (χ3n) is 4.73. The fraction of sp³-hybridized carbons (Fsp3) is 0.222. The lowest BCUT2D eigenvalue weighted by molar-refractivity contribution is -0.150. The molecule has 0 spiro atoms. The van der Waals surface area contributed by atoms with Gasteiger partial charge in [-0.2, -0.15) is 0 Å². The number of anilines is 1. The summed E-state index contributed by atoms with van der Waals surface area (Å²) >= 11 is 4.85. The second-order valence-corrected chi connectivity index (χ2v) is 11.0. The fourth-order valence-corrected chi connectivity index (χ4v) is 6.58. The molecule has 1 saturated heterocycles. The number of carboxylic acids is 2. The van der Waals surface area contributed by atoms with Crippen molar-refractivity contribution >= 4 is 81.0 Å². The molecule has 2 aliphatic rings. The molecule has 2 aliphatic heterocycles. The van der Waals surface area contributed by atoms with Gasteiger partial charge in [0.1, 0.15) is 27.0 Å². The Bertz CT molecular complexity index is 1310.